The number of aliphatic hydroxyl groups is 1. The monoisotopic (exact) mass is 636 g/mol. The molecule has 9 heteroatoms. The molecule has 214 valence electrons. The Morgan fingerprint density at radius 1 is 1.10 bits per heavy atom. The first kappa shape index (κ1) is 28.3. The summed E-state index contributed by atoms with van der Waals surface area (Å²) in [5, 5.41) is 10.2. The molecule has 0 aromatic heterocycles. The van der Waals surface area contributed by atoms with Crippen molar-refractivity contribution in [2.45, 2.75) is 62.7 Å². The van der Waals surface area contributed by atoms with Gasteiger partial charge < -0.3 is 18.9 Å². The van der Waals surface area contributed by atoms with E-state index in [9.17, 15) is 14.7 Å². The highest BCUT2D eigenvalue weighted by molar-refractivity contribution is 9.10. The summed E-state index contributed by atoms with van der Waals surface area (Å²) >= 11 is 3.57. The Hall–Kier alpha value is -2.85. The minimum absolute atomic E-state index is 0.0578. The van der Waals surface area contributed by atoms with Crippen LogP contribution in [0.4, 0.5) is 15.5 Å². The van der Waals surface area contributed by atoms with Crippen LogP contribution in [0.2, 0.25) is 18.6 Å². The van der Waals surface area contributed by atoms with E-state index < -0.39 is 31.6 Å². The molecule has 5 atom stereocenters. The molecule has 1 saturated heterocycles. The number of hydrogen-bond acceptors (Lipinski definition) is 4. The van der Waals surface area contributed by atoms with Gasteiger partial charge in [0, 0.05) is 33.7 Å². The van der Waals surface area contributed by atoms with E-state index in [0.717, 1.165) is 15.6 Å². The van der Waals surface area contributed by atoms with Crippen LogP contribution in [0.3, 0.4) is 0 Å². The Kier molecular flexibility index (Phi) is 7.21. The Labute approximate surface area is 249 Å². The number of benzene rings is 3. The topological polar surface area (TPSA) is 70.1 Å². The smallest absolute Gasteiger partial charge is 0.268 e. The molecule has 0 unspecified atom stereocenters. The molecular weight excluding hydrogens is 603 g/mol. The van der Waals surface area contributed by atoms with E-state index in [1.165, 1.54) is 0 Å². The van der Waals surface area contributed by atoms with Crippen LogP contribution in [0.1, 0.15) is 30.0 Å². The Balaban J connectivity index is 1.38. The SMILES string of the molecule is C[C@@H]1[C@@H]([Si](C)(C)F)[C@H](CC(=O)N2Cc3ccccc3C[C@H]2CO)O[C@@]12C(=O)N(c1ccccc1)c1ccc(Br)cc12. The van der Waals surface area contributed by atoms with E-state index >= 15 is 4.11 Å². The summed E-state index contributed by atoms with van der Waals surface area (Å²) in [6.45, 7) is 5.39. The summed E-state index contributed by atoms with van der Waals surface area (Å²) in [6.07, 6.45) is -0.284. The van der Waals surface area contributed by atoms with Gasteiger partial charge in [-0.1, -0.05) is 65.3 Å². The third kappa shape index (κ3) is 4.58. The third-order valence-corrected chi connectivity index (χ3v) is 12.1. The Morgan fingerprint density at radius 3 is 2.46 bits per heavy atom. The molecular formula is C32H34BrFN2O4Si. The fraction of sp³-hybridized carbons (Fsp3) is 0.375. The fourth-order valence-corrected chi connectivity index (χ4v) is 10.2. The number of halogens is 2. The second-order valence-electron chi connectivity index (χ2n) is 11.9. The van der Waals surface area contributed by atoms with Crippen LogP contribution in [-0.4, -0.2) is 49.0 Å². The lowest BCUT2D eigenvalue weighted by atomic mass is 9.82. The lowest BCUT2D eigenvalue weighted by Gasteiger charge is -2.37. The van der Waals surface area contributed by atoms with Gasteiger partial charge in [0.15, 0.2) is 5.60 Å². The van der Waals surface area contributed by atoms with Crippen molar-refractivity contribution in [3.05, 3.63) is 94.0 Å². The number of nitrogens with zero attached hydrogens (tertiary/aromatic N) is 2. The summed E-state index contributed by atoms with van der Waals surface area (Å²) in [5.41, 5.74) is 2.24. The summed E-state index contributed by atoms with van der Waals surface area (Å²) in [7, 11) is -3.44. The first-order chi connectivity index (χ1) is 19.6. The molecule has 0 radical (unpaired) electrons. The zero-order valence-corrected chi connectivity index (χ0v) is 26.0. The minimum Gasteiger partial charge on any atom is -0.394 e. The molecule has 3 aromatic rings. The average Bonchev–Trinajstić information content (AvgIpc) is 3.38. The molecule has 0 saturated carbocycles. The van der Waals surface area contributed by atoms with E-state index in [1.807, 2.05) is 79.7 Å². The number of carbonyl (C=O) groups is 2. The van der Waals surface area contributed by atoms with Gasteiger partial charge in [-0.25, -0.2) is 0 Å². The predicted molar refractivity (Wildman–Crippen MR) is 162 cm³/mol. The van der Waals surface area contributed by atoms with Crippen molar-refractivity contribution in [3.8, 4) is 0 Å². The van der Waals surface area contributed by atoms with Gasteiger partial charge in [0.2, 0.25) is 14.3 Å². The maximum absolute atomic E-state index is 16.2. The molecule has 3 heterocycles. The molecule has 6 rings (SSSR count). The first-order valence-corrected chi connectivity index (χ1v) is 17.8. The zero-order chi connectivity index (χ0) is 29.1. The van der Waals surface area contributed by atoms with Crippen molar-refractivity contribution in [1.29, 1.82) is 0 Å². The lowest BCUT2D eigenvalue weighted by molar-refractivity contribution is -0.150. The van der Waals surface area contributed by atoms with Crippen LogP contribution in [-0.2, 0) is 32.9 Å². The third-order valence-electron chi connectivity index (χ3n) is 9.11. The number of carbonyl (C=O) groups excluding carboxylic acids is 2. The van der Waals surface area contributed by atoms with E-state index in [1.54, 1.807) is 22.9 Å². The molecule has 0 aliphatic carbocycles. The van der Waals surface area contributed by atoms with Gasteiger partial charge in [0.1, 0.15) is 0 Å². The highest BCUT2D eigenvalue weighted by Crippen LogP contribution is 2.61. The van der Waals surface area contributed by atoms with Crippen LogP contribution in [0.25, 0.3) is 0 Å². The van der Waals surface area contributed by atoms with Gasteiger partial charge in [-0.3, -0.25) is 14.5 Å². The van der Waals surface area contributed by atoms with Crippen molar-refractivity contribution in [2.24, 2.45) is 5.92 Å². The number of hydrogen-bond donors (Lipinski definition) is 1. The highest BCUT2D eigenvalue weighted by atomic mass is 79.9. The van der Waals surface area contributed by atoms with E-state index in [4.69, 9.17) is 4.74 Å². The second-order valence-corrected chi connectivity index (χ2v) is 16.7. The van der Waals surface area contributed by atoms with Crippen molar-refractivity contribution < 1.29 is 23.5 Å². The van der Waals surface area contributed by atoms with E-state index in [0.29, 0.717) is 29.9 Å². The first-order valence-electron chi connectivity index (χ1n) is 14.1. The largest absolute Gasteiger partial charge is 0.394 e. The zero-order valence-electron chi connectivity index (χ0n) is 23.4. The number of para-hydroxylation sites is 1. The average molecular weight is 638 g/mol. The van der Waals surface area contributed by atoms with Gasteiger partial charge in [-0.05, 0) is 61.0 Å². The van der Waals surface area contributed by atoms with Crippen molar-refractivity contribution in [3.63, 3.8) is 0 Å². The lowest BCUT2D eigenvalue weighted by Crippen LogP contribution is -2.48. The quantitative estimate of drug-likeness (QED) is 0.266. The van der Waals surface area contributed by atoms with Gasteiger partial charge in [-0.15, -0.1) is 0 Å². The number of amides is 2. The molecule has 1 spiro atoms. The fourth-order valence-electron chi connectivity index (χ4n) is 7.31. The van der Waals surface area contributed by atoms with Crippen molar-refractivity contribution >= 4 is 47.5 Å². The number of anilines is 2. The van der Waals surface area contributed by atoms with E-state index in [-0.39, 0.29) is 30.9 Å². The molecule has 3 aromatic carbocycles. The molecule has 3 aliphatic rings. The molecule has 1 fully saturated rings. The summed E-state index contributed by atoms with van der Waals surface area (Å²) in [4.78, 5) is 31.8. The predicted octanol–water partition coefficient (Wildman–Crippen LogP) is 6.24. The second kappa shape index (κ2) is 10.5. The maximum Gasteiger partial charge on any atom is 0.268 e. The van der Waals surface area contributed by atoms with Gasteiger partial charge in [0.05, 0.1) is 30.9 Å². The molecule has 0 bridgehead atoms. The maximum atomic E-state index is 16.2. The molecule has 2 amide bonds. The minimum atomic E-state index is -3.44. The summed E-state index contributed by atoms with van der Waals surface area (Å²) in [6, 6.07) is 22.6. The standard InChI is InChI=1S/C32H34BrFN2O4Si/c1-20-30(41(2,3)34)28(17-29(38)35-18-22-10-8-7-9-21(22)15-25(35)19-37)40-32(20)26-16-23(33)13-14-27(26)36(31(32)39)24-11-5-4-6-12-24/h4-14,16,20,25,28,30,37H,15,17-19H2,1-3H3/t20-,25+,28+,30-,32+/m1/s1. The molecule has 3 aliphatic heterocycles. The number of aliphatic hydroxyl groups excluding tert-OH is 1. The van der Waals surface area contributed by atoms with E-state index in [2.05, 4.69) is 15.9 Å². The van der Waals surface area contributed by atoms with Crippen LogP contribution in [0.15, 0.2) is 77.3 Å². The van der Waals surface area contributed by atoms with Crippen LogP contribution >= 0.6 is 15.9 Å². The normalized spacial score (nSPS) is 27.3. The van der Waals surface area contributed by atoms with Crippen LogP contribution in [0.5, 0.6) is 0 Å². The molecule has 6 nitrogen and oxygen atoms in total. The summed E-state index contributed by atoms with van der Waals surface area (Å²) in [5.74, 6) is -0.963. The summed E-state index contributed by atoms with van der Waals surface area (Å²) < 4.78 is 23.8. The Bertz CT molecular complexity index is 1500. The van der Waals surface area contributed by atoms with Crippen LogP contribution in [0, 0.1) is 5.92 Å². The molecule has 41 heavy (non-hydrogen) atoms. The molecule has 1 N–H and O–H groups in total. The van der Waals surface area contributed by atoms with Gasteiger partial charge in [-0.2, -0.15) is 0 Å². The van der Waals surface area contributed by atoms with Crippen molar-refractivity contribution in [2.75, 3.05) is 11.5 Å². The van der Waals surface area contributed by atoms with Crippen LogP contribution < -0.4 is 4.90 Å². The van der Waals surface area contributed by atoms with Crippen molar-refractivity contribution in [1.82, 2.24) is 4.90 Å². The highest BCUT2D eigenvalue weighted by Gasteiger charge is 2.67. The Morgan fingerprint density at radius 2 is 1.78 bits per heavy atom. The van der Waals surface area contributed by atoms with Gasteiger partial charge >= 0.3 is 0 Å². The number of fused-ring (bicyclic) bond motifs is 3. The number of rotatable bonds is 5. The number of ether oxygens (including phenoxy) is 1. The van der Waals surface area contributed by atoms with Gasteiger partial charge in [0.25, 0.3) is 5.91 Å².